The van der Waals surface area contributed by atoms with E-state index < -0.39 is 10.0 Å². The van der Waals surface area contributed by atoms with Gasteiger partial charge in [-0.2, -0.15) is 4.31 Å². The Morgan fingerprint density at radius 1 is 1.40 bits per heavy atom. The summed E-state index contributed by atoms with van der Waals surface area (Å²) >= 11 is 4.86. The van der Waals surface area contributed by atoms with Crippen LogP contribution in [0.1, 0.15) is 30.4 Å². The van der Waals surface area contributed by atoms with E-state index in [0.717, 1.165) is 24.0 Å². The maximum atomic E-state index is 12.8. The Morgan fingerprint density at radius 3 is 2.60 bits per heavy atom. The summed E-state index contributed by atoms with van der Waals surface area (Å²) in [5.41, 5.74) is 7.23. The van der Waals surface area contributed by atoms with Crippen LogP contribution in [0.15, 0.2) is 23.1 Å². The highest BCUT2D eigenvalue weighted by Crippen LogP contribution is 2.33. The quantitative estimate of drug-likeness (QED) is 0.817. The lowest BCUT2D eigenvalue weighted by Gasteiger charge is -2.23. The normalized spacial score (nSPS) is 15.6. The number of rotatable bonds is 6. The maximum Gasteiger partial charge on any atom is 0.243 e. The average Bonchev–Trinajstić information content (AvgIpc) is 3.16. The van der Waals surface area contributed by atoms with Crippen LogP contribution in [0.2, 0.25) is 0 Å². The second kappa shape index (κ2) is 5.79. The van der Waals surface area contributed by atoms with Crippen LogP contribution in [0, 0.1) is 13.8 Å². The predicted molar refractivity (Wildman–Crippen MR) is 84.2 cm³/mol. The third-order valence-electron chi connectivity index (χ3n) is 3.46. The number of hydrogen-bond donors (Lipinski definition) is 1. The van der Waals surface area contributed by atoms with Crippen molar-refractivity contribution in [2.45, 2.75) is 44.0 Å². The highest BCUT2D eigenvalue weighted by molar-refractivity contribution is 7.89. The Kier molecular flexibility index (Phi) is 4.46. The van der Waals surface area contributed by atoms with Gasteiger partial charge >= 0.3 is 0 Å². The first-order chi connectivity index (χ1) is 9.32. The van der Waals surface area contributed by atoms with Gasteiger partial charge in [0, 0.05) is 19.0 Å². The van der Waals surface area contributed by atoms with Crippen molar-refractivity contribution in [3.8, 4) is 0 Å². The molecule has 2 rings (SSSR count). The van der Waals surface area contributed by atoms with Crippen LogP contribution in [0.5, 0.6) is 0 Å². The Labute approximate surface area is 126 Å². The molecular weight excluding hydrogens is 292 g/mol. The van der Waals surface area contributed by atoms with Crippen LogP contribution in [0.4, 0.5) is 0 Å². The summed E-state index contributed by atoms with van der Waals surface area (Å²) in [6, 6.07) is 5.61. The standard InChI is InChI=1S/C14H20N2O2S2/c1-10-3-4-11(2)13(9-10)20(17,18)16(12-5-6-12)8-7-14(15)19/h3-4,9,12H,5-8H2,1-2H3,(H2,15,19). The Bertz CT molecular complexity index is 622. The van der Waals surface area contributed by atoms with E-state index in [1.54, 1.807) is 10.4 Å². The predicted octanol–water partition coefficient (Wildman–Crippen LogP) is 2.13. The molecule has 110 valence electrons. The molecule has 0 heterocycles. The van der Waals surface area contributed by atoms with Gasteiger partial charge in [0.05, 0.1) is 9.88 Å². The molecule has 1 aromatic rings. The number of nitrogens with two attached hydrogens (primary N) is 1. The van der Waals surface area contributed by atoms with E-state index >= 15 is 0 Å². The molecule has 0 unspecified atom stereocenters. The molecule has 0 saturated heterocycles. The fraction of sp³-hybridized carbons (Fsp3) is 0.500. The van der Waals surface area contributed by atoms with Crippen molar-refractivity contribution in [1.29, 1.82) is 0 Å². The minimum Gasteiger partial charge on any atom is -0.393 e. The summed E-state index contributed by atoms with van der Waals surface area (Å²) < 4.78 is 27.2. The molecule has 0 amide bonds. The average molecular weight is 312 g/mol. The third kappa shape index (κ3) is 3.37. The van der Waals surface area contributed by atoms with Crippen molar-refractivity contribution in [1.82, 2.24) is 4.31 Å². The van der Waals surface area contributed by atoms with Crippen molar-refractivity contribution >= 4 is 27.2 Å². The van der Waals surface area contributed by atoms with E-state index in [4.69, 9.17) is 18.0 Å². The molecule has 0 bridgehead atoms. The van der Waals surface area contributed by atoms with Gasteiger partial charge in [-0.1, -0.05) is 24.4 Å². The van der Waals surface area contributed by atoms with Gasteiger partial charge in [0.2, 0.25) is 10.0 Å². The van der Waals surface area contributed by atoms with Crippen LogP contribution < -0.4 is 5.73 Å². The molecule has 6 heteroatoms. The molecule has 0 spiro atoms. The summed E-state index contributed by atoms with van der Waals surface area (Å²) in [7, 11) is -3.47. The number of thiocarbonyl (C=S) groups is 1. The van der Waals surface area contributed by atoms with Crippen molar-refractivity contribution in [2.75, 3.05) is 6.54 Å². The molecule has 0 aliphatic heterocycles. The molecule has 0 aromatic heterocycles. The zero-order valence-electron chi connectivity index (χ0n) is 11.8. The van der Waals surface area contributed by atoms with E-state index in [1.165, 1.54) is 0 Å². The van der Waals surface area contributed by atoms with E-state index in [0.29, 0.717) is 22.8 Å². The van der Waals surface area contributed by atoms with Crippen molar-refractivity contribution < 1.29 is 8.42 Å². The molecule has 0 radical (unpaired) electrons. The van der Waals surface area contributed by atoms with E-state index in [-0.39, 0.29) is 6.04 Å². The zero-order valence-corrected chi connectivity index (χ0v) is 13.4. The Morgan fingerprint density at radius 2 is 2.05 bits per heavy atom. The summed E-state index contributed by atoms with van der Waals surface area (Å²) in [6.07, 6.45) is 2.26. The Hall–Kier alpha value is -0.980. The van der Waals surface area contributed by atoms with Crippen molar-refractivity contribution in [3.63, 3.8) is 0 Å². The molecule has 4 nitrogen and oxygen atoms in total. The molecular formula is C14H20N2O2S2. The maximum absolute atomic E-state index is 12.8. The Balaban J connectivity index is 2.35. The van der Waals surface area contributed by atoms with Crippen molar-refractivity contribution in [2.24, 2.45) is 5.73 Å². The second-order valence-electron chi connectivity index (χ2n) is 5.33. The van der Waals surface area contributed by atoms with Crippen LogP contribution in [-0.2, 0) is 10.0 Å². The van der Waals surface area contributed by atoms with Gasteiger partial charge in [0.25, 0.3) is 0 Å². The molecule has 0 atom stereocenters. The first-order valence-corrected chi connectivity index (χ1v) is 8.54. The summed E-state index contributed by atoms with van der Waals surface area (Å²) in [6.45, 7) is 4.09. The minimum atomic E-state index is -3.47. The van der Waals surface area contributed by atoms with Crippen LogP contribution >= 0.6 is 12.2 Å². The molecule has 1 aliphatic carbocycles. The van der Waals surface area contributed by atoms with Gasteiger partial charge in [-0.3, -0.25) is 0 Å². The topological polar surface area (TPSA) is 63.4 Å². The van der Waals surface area contributed by atoms with E-state index in [9.17, 15) is 8.42 Å². The zero-order chi connectivity index (χ0) is 14.9. The summed E-state index contributed by atoms with van der Waals surface area (Å²) in [5, 5.41) is 0. The monoisotopic (exact) mass is 312 g/mol. The lowest BCUT2D eigenvalue weighted by molar-refractivity contribution is 0.413. The first kappa shape index (κ1) is 15.4. The largest absolute Gasteiger partial charge is 0.393 e. The van der Waals surface area contributed by atoms with Gasteiger partial charge < -0.3 is 5.73 Å². The minimum absolute atomic E-state index is 0.106. The second-order valence-corrected chi connectivity index (χ2v) is 7.72. The number of nitrogens with zero attached hydrogens (tertiary/aromatic N) is 1. The van der Waals surface area contributed by atoms with E-state index in [1.807, 2.05) is 26.0 Å². The van der Waals surface area contributed by atoms with Crippen molar-refractivity contribution in [3.05, 3.63) is 29.3 Å². The number of hydrogen-bond acceptors (Lipinski definition) is 3. The van der Waals surface area contributed by atoms with Crippen LogP contribution in [-0.4, -0.2) is 30.3 Å². The van der Waals surface area contributed by atoms with E-state index in [2.05, 4.69) is 0 Å². The SMILES string of the molecule is Cc1ccc(C)c(S(=O)(=O)N(CCC(N)=S)C2CC2)c1. The lowest BCUT2D eigenvalue weighted by atomic mass is 10.2. The van der Waals surface area contributed by atoms with Gasteiger partial charge in [-0.05, 0) is 43.9 Å². The fourth-order valence-corrected chi connectivity index (χ4v) is 4.28. The number of benzene rings is 1. The molecule has 1 saturated carbocycles. The number of sulfonamides is 1. The van der Waals surface area contributed by atoms with Gasteiger partial charge in [-0.15, -0.1) is 0 Å². The van der Waals surface area contributed by atoms with Crippen LogP contribution in [0.25, 0.3) is 0 Å². The van der Waals surface area contributed by atoms with Gasteiger partial charge in [-0.25, -0.2) is 8.42 Å². The highest BCUT2D eigenvalue weighted by Gasteiger charge is 2.38. The molecule has 1 aromatic carbocycles. The lowest BCUT2D eigenvalue weighted by Crippen LogP contribution is -2.36. The molecule has 2 N–H and O–H groups in total. The van der Waals surface area contributed by atoms with Gasteiger partial charge in [0.1, 0.15) is 0 Å². The summed E-state index contributed by atoms with van der Waals surface area (Å²) in [4.78, 5) is 0.749. The third-order valence-corrected chi connectivity index (χ3v) is 5.76. The van der Waals surface area contributed by atoms with Gasteiger partial charge in [0.15, 0.2) is 0 Å². The number of aryl methyl sites for hydroxylation is 2. The molecule has 20 heavy (non-hydrogen) atoms. The summed E-state index contributed by atoms with van der Waals surface area (Å²) in [5.74, 6) is 0. The fourth-order valence-electron chi connectivity index (χ4n) is 2.19. The smallest absolute Gasteiger partial charge is 0.243 e. The molecule has 1 fully saturated rings. The highest BCUT2D eigenvalue weighted by atomic mass is 32.2. The first-order valence-electron chi connectivity index (χ1n) is 6.70. The molecule has 1 aliphatic rings. The van der Waals surface area contributed by atoms with Crippen LogP contribution in [0.3, 0.4) is 0 Å².